The SMILES string of the molecule is CC1CN(Cc2nc(Nc3ccc(C(F)(F)F)cc3)c3ccc(-c4ncccc4C(F)(F)F)cc3n2)CCO1. The lowest BCUT2D eigenvalue weighted by Crippen LogP contribution is -2.40. The zero-order valence-corrected chi connectivity index (χ0v) is 20.6. The smallest absolute Gasteiger partial charge is 0.376 e. The second kappa shape index (κ2) is 10.4. The molecule has 6 nitrogen and oxygen atoms in total. The first-order valence-corrected chi connectivity index (χ1v) is 12.1. The third-order valence-corrected chi connectivity index (χ3v) is 6.29. The minimum absolute atomic E-state index is 0.0143. The van der Waals surface area contributed by atoms with Crippen LogP contribution in [0.2, 0.25) is 0 Å². The van der Waals surface area contributed by atoms with Crippen molar-refractivity contribution in [3.05, 3.63) is 77.7 Å². The maximum atomic E-state index is 13.7. The molecule has 12 heteroatoms. The van der Waals surface area contributed by atoms with Gasteiger partial charge in [0.05, 0.1) is 41.6 Å². The average molecular weight is 548 g/mol. The van der Waals surface area contributed by atoms with Crippen molar-refractivity contribution in [3.8, 4) is 11.3 Å². The summed E-state index contributed by atoms with van der Waals surface area (Å²) >= 11 is 0. The second-order valence-corrected chi connectivity index (χ2v) is 9.23. The lowest BCUT2D eigenvalue weighted by atomic mass is 10.0. The Bertz CT molecular complexity index is 1470. The summed E-state index contributed by atoms with van der Waals surface area (Å²) in [5.74, 6) is 0.722. The molecule has 1 aliphatic heterocycles. The third kappa shape index (κ3) is 6.12. The number of morpholine rings is 1. The molecule has 0 saturated carbocycles. The molecule has 0 spiro atoms. The molecule has 0 radical (unpaired) electrons. The summed E-state index contributed by atoms with van der Waals surface area (Å²) in [7, 11) is 0. The number of anilines is 2. The fourth-order valence-corrected chi connectivity index (χ4v) is 4.47. The van der Waals surface area contributed by atoms with Crippen LogP contribution in [0.5, 0.6) is 0 Å². The van der Waals surface area contributed by atoms with Gasteiger partial charge in [0.2, 0.25) is 0 Å². The fraction of sp³-hybridized carbons (Fsp3) is 0.296. The van der Waals surface area contributed by atoms with Gasteiger partial charge in [-0.1, -0.05) is 6.07 Å². The highest BCUT2D eigenvalue weighted by atomic mass is 19.4. The van der Waals surface area contributed by atoms with Gasteiger partial charge in [-0.05, 0) is 55.5 Å². The largest absolute Gasteiger partial charge is 0.418 e. The van der Waals surface area contributed by atoms with E-state index in [9.17, 15) is 26.3 Å². The molecule has 1 unspecified atom stereocenters. The highest BCUT2D eigenvalue weighted by Crippen LogP contribution is 2.37. The summed E-state index contributed by atoms with van der Waals surface area (Å²) in [6.45, 7) is 4.13. The van der Waals surface area contributed by atoms with Gasteiger partial charge in [-0.2, -0.15) is 26.3 Å². The van der Waals surface area contributed by atoms with Gasteiger partial charge in [0, 0.05) is 35.9 Å². The number of ether oxygens (including phenoxy) is 1. The molecular weight excluding hydrogens is 524 g/mol. The van der Waals surface area contributed by atoms with Gasteiger partial charge in [0.1, 0.15) is 11.6 Å². The Balaban J connectivity index is 1.57. The van der Waals surface area contributed by atoms with Crippen LogP contribution in [0.1, 0.15) is 23.9 Å². The maximum Gasteiger partial charge on any atom is 0.418 e. The molecule has 204 valence electrons. The summed E-state index contributed by atoms with van der Waals surface area (Å²) < 4.78 is 85.6. The topological polar surface area (TPSA) is 63.2 Å². The molecular formula is C27H23F6N5O. The van der Waals surface area contributed by atoms with Crippen molar-refractivity contribution < 1.29 is 31.1 Å². The number of nitrogens with zero attached hydrogens (tertiary/aromatic N) is 4. The van der Waals surface area contributed by atoms with Gasteiger partial charge in [-0.3, -0.25) is 9.88 Å². The van der Waals surface area contributed by atoms with E-state index in [2.05, 4.69) is 25.2 Å². The van der Waals surface area contributed by atoms with Crippen LogP contribution in [0, 0.1) is 0 Å². The number of rotatable bonds is 5. The number of hydrogen-bond donors (Lipinski definition) is 1. The van der Waals surface area contributed by atoms with Crippen LogP contribution in [0.3, 0.4) is 0 Å². The highest BCUT2D eigenvalue weighted by Gasteiger charge is 2.34. The standard InChI is InChI=1S/C27H23F6N5O/c1-16-14-38(11-12-39-16)15-23-36-22-13-17(24-21(27(31,32)33)3-2-10-34-24)4-9-20(22)25(37-23)35-19-7-5-18(6-8-19)26(28,29)30/h2-10,13,16H,11-12,14-15H2,1H3,(H,35,36,37). The lowest BCUT2D eigenvalue weighted by Gasteiger charge is -2.30. The molecule has 39 heavy (non-hydrogen) atoms. The number of nitrogens with one attached hydrogen (secondary N) is 1. The number of aromatic nitrogens is 3. The number of halogens is 6. The molecule has 1 saturated heterocycles. The summed E-state index contributed by atoms with van der Waals surface area (Å²) in [6.07, 6.45) is -7.77. The van der Waals surface area contributed by atoms with Crippen molar-refractivity contribution in [2.75, 3.05) is 25.0 Å². The molecule has 5 rings (SSSR count). The van der Waals surface area contributed by atoms with Crippen molar-refractivity contribution in [2.45, 2.75) is 31.9 Å². The Kier molecular flexibility index (Phi) is 7.17. The first-order valence-electron chi connectivity index (χ1n) is 12.1. The molecule has 2 aromatic carbocycles. The van der Waals surface area contributed by atoms with Crippen LogP contribution in [0.4, 0.5) is 37.8 Å². The summed E-state index contributed by atoms with van der Waals surface area (Å²) in [5.41, 5.74) is -0.937. The van der Waals surface area contributed by atoms with Gasteiger partial charge in [0.15, 0.2) is 0 Å². The van der Waals surface area contributed by atoms with E-state index < -0.39 is 23.5 Å². The number of fused-ring (bicyclic) bond motifs is 1. The van der Waals surface area contributed by atoms with Gasteiger partial charge in [0.25, 0.3) is 0 Å². The average Bonchev–Trinajstić information content (AvgIpc) is 2.88. The van der Waals surface area contributed by atoms with E-state index >= 15 is 0 Å². The van der Waals surface area contributed by atoms with Crippen LogP contribution in [0.15, 0.2) is 60.8 Å². The second-order valence-electron chi connectivity index (χ2n) is 9.23. The Morgan fingerprint density at radius 3 is 2.44 bits per heavy atom. The summed E-state index contributed by atoms with van der Waals surface area (Å²) in [6, 6.07) is 11.3. The molecule has 0 amide bonds. The number of hydrogen-bond acceptors (Lipinski definition) is 6. The summed E-state index contributed by atoms with van der Waals surface area (Å²) in [4.78, 5) is 15.3. The predicted octanol–water partition coefficient (Wildman–Crippen LogP) is 6.69. The van der Waals surface area contributed by atoms with E-state index in [1.165, 1.54) is 36.5 Å². The van der Waals surface area contributed by atoms with E-state index in [1.807, 2.05) is 6.92 Å². The van der Waals surface area contributed by atoms with E-state index in [4.69, 9.17) is 4.74 Å². The molecule has 1 aliphatic rings. The normalized spacial score (nSPS) is 16.9. The molecule has 4 aromatic rings. The fourth-order valence-electron chi connectivity index (χ4n) is 4.47. The Hall–Kier alpha value is -3.77. The number of alkyl halides is 6. The molecule has 0 aliphatic carbocycles. The lowest BCUT2D eigenvalue weighted by molar-refractivity contribution is -0.138. The highest BCUT2D eigenvalue weighted by molar-refractivity contribution is 5.93. The van der Waals surface area contributed by atoms with Crippen molar-refractivity contribution in [1.29, 1.82) is 0 Å². The number of pyridine rings is 1. The van der Waals surface area contributed by atoms with Crippen molar-refractivity contribution in [2.24, 2.45) is 0 Å². The first kappa shape index (κ1) is 26.8. The van der Waals surface area contributed by atoms with E-state index in [-0.39, 0.29) is 17.4 Å². The minimum Gasteiger partial charge on any atom is -0.376 e. The van der Waals surface area contributed by atoms with Gasteiger partial charge in [-0.15, -0.1) is 0 Å². The van der Waals surface area contributed by atoms with Crippen molar-refractivity contribution >= 4 is 22.4 Å². The maximum absolute atomic E-state index is 13.7. The molecule has 0 bridgehead atoms. The monoisotopic (exact) mass is 547 g/mol. The van der Waals surface area contributed by atoms with Crippen LogP contribution < -0.4 is 5.32 Å². The molecule has 1 atom stereocenters. The van der Waals surface area contributed by atoms with Crippen LogP contribution in [-0.4, -0.2) is 45.7 Å². The van der Waals surface area contributed by atoms with Crippen molar-refractivity contribution in [1.82, 2.24) is 19.9 Å². The minimum atomic E-state index is -4.60. The molecule has 1 fully saturated rings. The number of benzene rings is 2. The third-order valence-electron chi connectivity index (χ3n) is 6.29. The van der Waals surface area contributed by atoms with E-state index in [0.717, 1.165) is 18.2 Å². The zero-order chi connectivity index (χ0) is 27.8. The van der Waals surface area contributed by atoms with Crippen LogP contribution >= 0.6 is 0 Å². The van der Waals surface area contributed by atoms with Gasteiger partial charge < -0.3 is 10.1 Å². The Morgan fingerprint density at radius 2 is 1.74 bits per heavy atom. The molecule has 1 N–H and O–H groups in total. The van der Waals surface area contributed by atoms with Crippen LogP contribution in [-0.2, 0) is 23.6 Å². The van der Waals surface area contributed by atoms with Gasteiger partial charge >= 0.3 is 12.4 Å². The van der Waals surface area contributed by atoms with Crippen molar-refractivity contribution in [3.63, 3.8) is 0 Å². The quantitative estimate of drug-likeness (QED) is 0.281. The Morgan fingerprint density at radius 1 is 0.974 bits per heavy atom. The summed E-state index contributed by atoms with van der Waals surface area (Å²) in [5, 5.41) is 3.54. The Labute approximate surface area is 219 Å². The predicted molar refractivity (Wildman–Crippen MR) is 133 cm³/mol. The molecule has 3 heterocycles. The molecule has 2 aromatic heterocycles. The zero-order valence-electron chi connectivity index (χ0n) is 20.6. The van der Waals surface area contributed by atoms with E-state index in [0.29, 0.717) is 54.5 Å². The first-order chi connectivity index (χ1) is 18.5. The van der Waals surface area contributed by atoms with E-state index in [1.54, 1.807) is 6.07 Å². The van der Waals surface area contributed by atoms with Gasteiger partial charge in [-0.25, -0.2) is 9.97 Å². The van der Waals surface area contributed by atoms with Crippen LogP contribution in [0.25, 0.3) is 22.2 Å².